The summed E-state index contributed by atoms with van der Waals surface area (Å²) in [5.41, 5.74) is 4.60. The van der Waals surface area contributed by atoms with Gasteiger partial charge in [0.25, 0.3) is 11.1 Å². The highest BCUT2D eigenvalue weighted by atomic mass is 32.2. The Morgan fingerprint density at radius 2 is 1.93 bits per heavy atom. The molecule has 1 aliphatic heterocycles. The third-order valence-corrected chi connectivity index (χ3v) is 5.23. The van der Waals surface area contributed by atoms with E-state index in [9.17, 15) is 9.59 Å². The van der Waals surface area contributed by atoms with Crippen LogP contribution in [0.25, 0.3) is 28.2 Å². The van der Waals surface area contributed by atoms with Crippen molar-refractivity contribution < 1.29 is 18.7 Å². The van der Waals surface area contributed by atoms with Gasteiger partial charge in [-0.15, -0.1) is 0 Å². The summed E-state index contributed by atoms with van der Waals surface area (Å²) in [6, 6.07) is 5.91. The van der Waals surface area contributed by atoms with Crippen molar-refractivity contribution in [2.45, 2.75) is 20.8 Å². The van der Waals surface area contributed by atoms with E-state index in [0.717, 1.165) is 45.2 Å². The molecule has 2 amide bonds. The van der Waals surface area contributed by atoms with Crippen LogP contribution in [0.15, 0.2) is 39.9 Å². The van der Waals surface area contributed by atoms with Crippen molar-refractivity contribution in [3.05, 3.63) is 52.4 Å². The first-order valence-corrected chi connectivity index (χ1v) is 9.64. The number of furan rings is 1. The SMILES string of the molecule is CCOc1c(C)cc(-c2cncc3cc(C=C4SC(=O)NC4=O)oc23)cc1C. The van der Waals surface area contributed by atoms with Gasteiger partial charge in [-0.2, -0.15) is 0 Å². The van der Waals surface area contributed by atoms with Crippen LogP contribution >= 0.6 is 11.8 Å². The van der Waals surface area contributed by atoms with Crippen LogP contribution in [0.5, 0.6) is 5.75 Å². The van der Waals surface area contributed by atoms with Gasteiger partial charge >= 0.3 is 0 Å². The van der Waals surface area contributed by atoms with Gasteiger partial charge in [-0.3, -0.25) is 19.9 Å². The number of hydrogen-bond donors (Lipinski definition) is 1. The number of carbonyl (C=O) groups excluding carboxylic acids is 2. The minimum atomic E-state index is -0.411. The van der Waals surface area contributed by atoms with Crippen molar-refractivity contribution in [3.63, 3.8) is 0 Å². The number of nitrogens with one attached hydrogen (secondary N) is 1. The Labute approximate surface area is 166 Å². The molecule has 2 aromatic heterocycles. The average molecular weight is 394 g/mol. The molecule has 6 nitrogen and oxygen atoms in total. The highest BCUT2D eigenvalue weighted by Crippen LogP contribution is 2.35. The minimum absolute atomic E-state index is 0.311. The molecular weight excluding hydrogens is 376 g/mol. The van der Waals surface area contributed by atoms with Crippen LogP contribution in [0.3, 0.4) is 0 Å². The fourth-order valence-corrected chi connectivity index (χ4v) is 3.95. The van der Waals surface area contributed by atoms with Crippen molar-refractivity contribution >= 4 is 40.0 Å². The zero-order chi connectivity index (χ0) is 19.8. The van der Waals surface area contributed by atoms with Crippen LogP contribution in [0.4, 0.5) is 4.79 Å². The monoisotopic (exact) mass is 394 g/mol. The first-order chi connectivity index (χ1) is 13.5. The molecular formula is C21H18N2O4S. The summed E-state index contributed by atoms with van der Waals surface area (Å²) >= 11 is 0.861. The van der Waals surface area contributed by atoms with Crippen LogP contribution in [-0.4, -0.2) is 22.7 Å². The second kappa shape index (κ2) is 7.16. The number of imide groups is 1. The standard InChI is InChI=1S/C21H18N2O4S/c1-4-26-18-11(2)5-13(6-12(18)3)16-10-22-9-14-7-15(27-19(14)16)8-17-20(24)23-21(25)28-17/h5-10H,4H2,1-3H3,(H,23,24,25). The predicted molar refractivity (Wildman–Crippen MR) is 109 cm³/mol. The highest BCUT2D eigenvalue weighted by molar-refractivity contribution is 8.18. The molecule has 0 radical (unpaired) electrons. The lowest BCUT2D eigenvalue weighted by molar-refractivity contribution is -0.115. The number of carbonyl (C=O) groups is 2. The maximum Gasteiger partial charge on any atom is 0.290 e. The molecule has 0 bridgehead atoms. The predicted octanol–water partition coefficient (Wildman–Crippen LogP) is 4.83. The van der Waals surface area contributed by atoms with Gasteiger partial charge in [-0.1, -0.05) is 0 Å². The molecule has 0 atom stereocenters. The molecule has 7 heteroatoms. The Hall–Kier alpha value is -3.06. The van der Waals surface area contributed by atoms with E-state index in [2.05, 4.69) is 10.3 Å². The van der Waals surface area contributed by atoms with Gasteiger partial charge in [0.15, 0.2) is 0 Å². The molecule has 3 aromatic rings. The van der Waals surface area contributed by atoms with E-state index in [1.165, 1.54) is 0 Å². The van der Waals surface area contributed by atoms with Crippen molar-refractivity contribution in [1.29, 1.82) is 0 Å². The van der Waals surface area contributed by atoms with Crippen molar-refractivity contribution in [2.24, 2.45) is 0 Å². The zero-order valence-electron chi connectivity index (χ0n) is 15.7. The smallest absolute Gasteiger partial charge is 0.290 e. The number of aryl methyl sites for hydroxylation is 2. The van der Waals surface area contributed by atoms with E-state index in [0.29, 0.717) is 22.9 Å². The van der Waals surface area contributed by atoms with Gasteiger partial charge in [0.05, 0.1) is 11.5 Å². The molecule has 3 heterocycles. The van der Waals surface area contributed by atoms with E-state index in [1.54, 1.807) is 18.5 Å². The maximum atomic E-state index is 11.8. The molecule has 1 aromatic carbocycles. The lowest BCUT2D eigenvalue weighted by atomic mass is 10.00. The third kappa shape index (κ3) is 3.29. The van der Waals surface area contributed by atoms with Crippen molar-refractivity contribution in [2.75, 3.05) is 6.61 Å². The number of ether oxygens (including phenoxy) is 1. The quantitative estimate of drug-likeness (QED) is 0.638. The molecule has 1 saturated heterocycles. The summed E-state index contributed by atoms with van der Waals surface area (Å²) in [7, 11) is 0. The van der Waals surface area contributed by atoms with Gasteiger partial charge in [0.2, 0.25) is 0 Å². The van der Waals surface area contributed by atoms with Crippen LogP contribution in [-0.2, 0) is 4.79 Å². The second-order valence-electron chi connectivity index (χ2n) is 6.48. The van der Waals surface area contributed by atoms with Gasteiger partial charge in [-0.05, 0) is 67.4 Å². The Bertz CT molecular complexity index is 1120. The lowest BCUT2D eigenvalue weighted by Crippen LogP contribution is -2.17. The molecule has 0 spiro atoms. The van der Waals surface area contributed by atoms with Gasteiger partial charge in [0, 0.05) is 29.4 Å². The normalized spacial score (nSPS) is 15.5. The van der Waals surface area contributed by atoms with E-state index in [1.807, 2.05) is 39.0 Å². The number of hydrogen-bond acceptors (Lipinski definition) is 6. The topological polar surface area (TPSA) is 81.4 Å². The molecule has 1 fully saturated rings. The van der Waals surface area contributed by atoms with Crippen LogP contribution in [0.2, 0.25) is 0 Å². The maximum absolute atomic E-state index is 11.8. The van der Waals surface area contributed by atoms with Crippen LogP contribution in [0, 0.1) is 13.8 Å². The molecule has 0 saturated carbocycles. The highest BCUT2D eigenvalue weighted by Gasteiger charge is 2.25. The summed E-state index contributed by atoms with van der Waals surface area (Å²) in [5.74, 6) is 0.979. The van der Waals surface area contributed by atoms with Gasteiger partial charge in [0.1, 0.15) is 17.1 Å². The third-order valence-electron chi connectivity index (χ3n) is 4.42. The summed E-state index contributed by atoms with van der Waals surface area (Å²) in [4.78, 5) is 27.7. The number of aromatic nitrogens is 1. The number of nitrogens with zero attached hydrogens (tertiary/aromatic N) is 1. The number of pyridine rings is 1. The summed E-state index contributed by atoms with van der Waals surface area (Å²) < 4.78 is 11.7. The summed E-state index contributed by atoms with van der Waals surface area (Å²) in [6.07, 6.45) is 5.05. The number of amides is 2. The van der Waals surface area contributed by atoms with Crippen molar-refractivity contribution in [1.82, 2.24) is 10.3 Å². The zero-order valence-corrected chi connectivity index (χ0v) is 16.5. The lowest BCUT2D eigenvalue weighted by Gasteiger charge is -2.13. The average Bonchev–Trinajstić information content (AvgIpc) is 3.19. The minimum Gasteiger partial charge on any atom is -0.493 e. The molecule has 142 valence electrons. The molecule has 28 heavy (non-hydrogen) atoms. The number of benzene rings is 1. The first-order valence-electron chi connectivity index (χ1n) is 8.83. The molecule has 4 rings (SSSR count). The first kappa shape index (κ1) is 18.3. The van der Waals surface area contributed by atoms with E-state index < -0.39 is 5.91 Å². The molecule has 0 aliphatic carbocycles. The van der Waals surface area contributed by atoms with E-state index >= 15 is 0 Å². The molecule has 1 N–H and O–H groups in total. The summed E-state index contributed by atoms with van der Waals surface area (Å²) in [5, 5.41) is 2.68. The number of fused-ring (bicyclic) bond motifs is 1. The van der Waals surface area contributed by atoms with Gasteiger partial charge in [-0.25, -0.2) is 0 Å². The van der Waals surface area contributed by atoms with Crippen LogP contribution < -0.4 is 10.1 Å². The molecule has 1 aliphatic rings. The largest absolute Gasteiger partial charge is 0.493 e. The van der Waals surface area contributed by atoms with Crippen LogP contribution in [0.1, 0.15) is 23.8 Å². The Balaban J connectivity index is 1.79. The van der Waals surface area contributed by atoms with Gasteiger partial charge < -0.3 is 9.15 Å². The number of rotatable bonds is 4. The fourth-order valence-electron chi connectivity index (χ4n) is 3.29. The fraction of sp³-hybridized carbons (Fsp3) is 0.190. The molecule has 0 unspecified atom stereocenters. The number of thioether (sulfide) groups is 1. The Morgan fingerprint density at radius 1 is 1.18 bits per heavy atom. The Kier molecular flexibility index (Phi) is 4.68. The van der Waals surface area contributed by atoms with E-state index in [4.69, 9.17) is 9.15 Å². The van der Waals surface area contributed by atoms with E-state index in [-0.39, 0.29) is 5.24 Å². The summed E-state index contributed by atoms with van der Waals surface area (Å²) in [6.45, 7) is 6.61. The van der Waals surface area contributed by atoms with Crippen molar-refractivity contribution in [3.8, 4) is 16.9 Å². The Morgan fingerprint density at radius 3 is 2.57 bits per heavy atom. The second-order valence-corrected chi connectivity index (χ2v) is 7.49.